The molecule has 2 aromatic rings. The Balaban J connectivity index is 1.97. The second-order valence-electron chi connectivity index (χ2n) is 5.88. The summed E-state index contributed by atoms with van der Waals surface area (Å²) >= 11 is 3.58. The second-order valence-corrected chi connectivity index (χ2v) is 6.80. The van der Waals surface area contributed by atoms with Crippen LogP contribution < -0.4 is 10.5 Å². The van der Waals surface area contributed by atoms with Crippen LogP contribution >= 0.6 is 15.9 Å². The summed E-state index contributed by atoms with van der Waals surface area (Å²) in [5.74, 6) is 1.51. The topological polar surface area (TPSA) is 35.2 Å². The van der Waals surface area contributed by atoms with Crippen LogP contribution in [0.15, 0.2) is 40.9 Å². The fraction of sp³-hybridized carbons (Fsp3) is 0.333. The number of benzene rings is 2. The van der Waals surface area contributed by atoms with Crippen molar-refractivity contribution in [2.45, 2.75) is 32.2 Å². The third kappa shape index (κ3) is 2.85. The van der Waals surface area contributed by atoms with E-state index in [-0.39, 0.29) is 6.04 Å². The van der Waals surface area contributed by atoms with Crippen molar-refractivity contribution in [1.29, 1.82) is 0 Å². The summed E-state index contributed by atoms with van der Waals surface area (Å²) in [5, 5.41) is 0. The molecule has 0 aromatic heterocycles. The summed E-state index contributed by atoms with van der Waals surface area (Å²) in [6.45, 7) is 5.14. The van der Waals surface area contributed by atoms with Crippen molar-refractivity contribution in [2.75, 3.05) is 6.61 Å². The van der Waals surface area contributed by atoms with Crippen LogP contribution in [0.25, 0.3) is 0 Å². The van der Waals surface area contributed by atoms with Crippen LogP contribution in [0.5, 0.6) is 5.75 Å². The first-order chi connectivity index (χ1) is 10.1. The molecule has 1 atom stereocenters. The third-order valence-electron chi connectivity index (χ3n) is 4.07. The zero-order valence-electron chi connectivity index (χ0n) is 12.4. The zero-order valence-corrected chi connectivity index (χ0v) is 14.0. The molecule has 1 aliphatic rings. The minimum atomic E-state index is -0.157. The van der Waals surface area contributed by atoms with Gasteiger partial charge in [-0.25, -0.2) is 0 Å². The van der Waals surface area contributed by atoms with Gasteiger partial charge in [-0.05, 0) is 34.7 Å². The monoisotopic (exact) mass is 345 g/mol. The molecule has 0 aliphatic carbocycles. The molecule has 1 aliphatic heterocycles. The highest BCUT2D eigenvalue weighted by atomic mass is 79.9. The average molecular weight is 346 g/mol. The van der Waals surface area contributed by atoms with E-state index in [4.69, 9.17) is 10.5 Å². The molecular weight excluding hydrogens is 326 g/mol. The van der Waals surface area contributed by atoms with Gasteiger partial charge < -0.3 is 10.5 Å². The van der Waals surface area contributed by atoms with Gasteiger partial charge in [0.05, 0.1) is 12.6 Å². The van der Waals surface area contributed by atoms with E-state index in [1.165, 1.54) is 11.1 Å². The van der Waals surface area contributed by atoms with Crippen LogP contribution in [0.1, 0.15) is 48.1 Å². The van der Waals surface area contributed by atoms with E-state index in [0.29, 0.717) is 5.92 Å². The van der Waals surface area contributed by atoms with Crippen molar-refractivity contribution in [2.24, 2.45) is 5.73 Å². The van der Waals surface area contributed by atoms with Gasteiger partial charge in [-0.15, -0.1) is 0 Å². The molecule has 0 saturated carbocycles. The van der Waals surface area contributed by atoms with Crippen LogP contribution in [-0.2, 0) is 6.42 Å². The first-order valence-electron chi connectivity index (χ1n) is 7.37. The molecule has 0 radical (unpaired) electrons. The Morgan fingerprint density at radius 2 is 1.76 bits per heavy atom. The lowest BCUT2D eigenvalue weighted by Crippen LogP contribution is -2.13. The van der Waals surface area contributed by atoms with Gasteiger partial charge in [0.15, 0.2) is 0 Å². The molecule has 2 nitrogen and oxygen atoms in total. The van der Waals surface area contributed by atoms with Gasteiger partial charge in [0.2, 0.25) is 0 Å². The first-order valence-corrected chi connectivity index (χ1v) is 8.16. The third-order valence-corrected chi connectivity index (χ3v) is 4.53. The van der Waals surface area contributed by atoms with Gasteiger partial charge in [-0.1, -0.05) is 54.0 Å². The van der Waals surface area contributed by atoms with Crippen molar-refractivity contribution in [3.8, 4) is 5.75 Å². The smallest absolute Gasteiger partial charge is 0.127 e. The molecule has 3 heteroatoms. The molecule has 0 spiro atoms. The van der Waals surface area contributed by atoms with Gasteiger partial charge in [0, 0.05) is 16.5 Å². The van der Waals surface area contributed by atoms with E-state index >= 15 is 0 Å². The maximum Gasteiger partial charge on any atom is 0.127 e. The predicted molar refractivity (Wildman–Crippen MR) is 89.9 cm³/mol. The Morgan fingerprint density at radius 1 is 1.10 bits per heavy atom. The molecular formula is C18H20BrNO. The van der Waals surface area contributed by atoms with Crippen LogP contribution in [-0.4, -0.2) is 6.61 Å². The highest BCUT2D eigenvalue weighted by molar-refractivity contribution is 9.10. The Hall–Kier alpha value is -1.32. The number of ether oxygens (including phenoxy) is 1. The zero-order chi connectivity index (χ0) is 15.0. The van der Waals surface area contributed by atoms with Gasteiger partial charge in [-0.2, -0.15) is 0 Å². The van der Waals surface area contributed by atoms with Crippen molar-refractivity contribution in [3.05, 3.63) is 63.1 Å². The number of nitrogens with two attached hydrogens (primary N) is 1. The van der Waals surface area contributed by atoms with E-state index in [1.807, 2.05) is 0 Å². The van der Waals surface area contributed by atoms with E-state index in [2.05, 4.69) is 66.2 Å². The molecule has 2 N–H and O–H groups in total. The largest absolute Gasteiger partial charge is 0.493 e. The number of halogens is 1. The summed E-state index contributed by atoms with van der Waals surface area (Å²) in [5.41, 5.74) is 11.2. The lowest BCUT2D eigenvalue weighted by atomic mass is 9.94. The fourth-order valence-corrected chi connectivity index (χ4v) is 3.32. The molecule has 0 amide bonds. The fourth-order valence-electron chi connectivity index (χ4n) is 2.80. The lowest BCUT2D eigenvalue weighted by Gasteiger charge is -2.17. The molecule has 110 valence electrons. The summed E-state index contributed by atoms with van der Waals surface area (Å²) in [6, 6.07) is 12.6. The minimum Gasteiger partial charge on any atom is -0.493 e. The summed E-state index contributed by atoms with van der Waals surface area (Å²) < 4.78 is 6.85. The Kier molecular flexibility index (Phi) is 4.05. The molecule has 0 bridgehead atoms. The molecule has 2 aromatic carbocycles. The molecule has 3 rings (SSSR count). The van der Waals surface area contributed by atoms with Gasteiger partial charge >= 0.3 is 0 Å². The quantitative estimate of drug-likeness (QED) is 0.885. The maximum atomic E-state index is 6.48. The van der Waals surface area contributed by atoms with Crippen LogP contribution in [0.2, 0.25) is 0 Å². The minimum absolute atomic E-state index is 0.157. The average Bonchev–Trinajstić information content (AvgIpc) is 2.93. The van der Waals surface area contributed by atoms with E-state index in [0.717, 1.165) is 34.4 Å². The molecule has 1 heterocycles. The summed E-state index contributed by atoms with van der Waals surface area (Å²) in [7, 11) is 0. The summed E-state index contributed by atoms with van der Waals surface area (Å²) in [6.07, 6.45) is 0.959. The number of hydrogen-bond donors (Lipinski definition) is 1. The molecule has 0 saturated heterocycles. The van der Waals surface area contributed by atoms with Crippen molar-refractivity contribution in [1.82, 2.24) is 0 Å². The second kappa shape index (κ2) is 5.82. The maximum absolute atomic E-state index is 6.48. The Bertz CT molecular complexity index is 649. The normalized spacial score (nSPS) is 14.9. The van der Waals surface area contributed by atoms with Crippen molar-refractivity contribution in [3.63, 3.8) is 0 Å². The summed E-state index contributed by atoms with van der Waals surface area (Å²) in [4.78, 5) is 0. The highest BCUT2D eigenvalue weighted by Crippen LogP contribution is 2.37. The standard InChI is InChI=1S/C18H20BrNO/c1-11(2)12-3-5-13(6-4-12)17(20)16-10-15(19)9-14-7-8-21-18(14)16/h3-6,9-11,17H,7-8,20H2,1-2H3. The van der Waals surface area contributed by atoms with Gasteiger partial charge in [0.1, 0.15) is 5.75 Å². The first kappa shape index (κ1) is 14.6. The SMILES string of the molecule is CC(C)c1ccc(C(N)c2cc(Br)cc3c2OCC3)cc1. The van der Waals surface area contributed by atoms with Crippen molar-refractivity contribution < 1.29 is 4.74 Å². The van der Waals surface area contributed by atoms with Crippen LogP contribution in [0, 0.1) is 0 Å². The molecule has 1 unspecified atom stereocenters. The molecule has 21 heavy (non-hydrogen) atoms. The van der Waals surface area contributed by atoms with E-state index in [9.17, 15) is 0 Å². The van der Waals surface area contributed by atoms with E-state index in [1.54, 1.807) is 0 Å². The lowest BCUT2D eigenvalue weighted by molar-refractivity contribution is 0.352. The number of rotatable bonds is 3. The Labute approximate surface area is 134 Å². The highest BCUT2D eigenvalue weighted by Gasteiger charge is 2.22. The number of fused-ring (bicyclic) bond motifs is 1. The van der Waals surface area contributed by atoms with Gasteiger partial charge in [0.25, 0.3) is 0 Å². The van der Waals surface area contributed by atoms with Crippen molar-refractivity contribution >= 4 is 15.9 Å². The Morgan fingerprint density at radius 3 is 2.43 bits per heavy atom. The number of hydrogen-bond acceptors (Lipinski definition) is 2. The predicted octanol–water partition coefficient (Wildman–Crippen LogP) is 4.56. The van der Waals surface area contributed by atoms with Crippen LogP contribution in [0.3, 0.4) is 0 Å². The van der Waals surface area contributed by atoms with E-state index < -0.39 is 0 Å². The van der Waals surface area contributed by atoms with Crippen LogP contribution in [0.4, 0.5) is 0 Å². The van der Waals surface area contributed by atoms with Gasteiger partial charge in [-0.3, -0.25) is 0 Å². The molecule has 0 fully saturated rings.